The number of ether oxygens (including phenoxy) is 5. The summed E-state index contributed by atoms with van der Waals surface area (Å²) in [7, 11) is 5.70. The average Bonchev–Trinajstić information content (AvgIpc) is 3.46. The third-order valence-electron chi connectivity index (χ3n) is 8.19. The Balaban J connectivity index is 0.000000571. The van der Waals surface area contributed by atoms with Crippen LogP contribution in [0.2, 0.25) is 0 Å². The quantitative estimate of drug-likeness (QED) is 0.139. The van der Waals surface area contributed by atoms with Crippen LogP contribution in [0, 0.1) is 0 Å². The molecule has 0 saturated carbocycles. The van der Waals surface area contributed by atoms with Crippen molar-refractivity contribution in [2.75, 3.05) is 64.4 Å². The molecule has 0 atom stereocenters. The molecule has 1 saturated heterocycles. The number of pyridine rings is 2. The average molecular weight is 841 g/mol. The van der Waals surface area contributed by atoms with Gasteiger partial charge in [-0.3, -0.25) is 0 Å². The molecule has 1 fully saturated rings. The van der Waals surface area contributed by atoms with Gasteiger partial charge < -0.3 is 43.7 Å². The second-order valence-corrected chi connectivity index (χ2v) is 11.7. The number of benzene rings is 2. The maximum Gasteiger partial charge on any atom is 0.575 e. The molecule has 0 aliphatic carbocycles. The number of alkyl halides is 6. The first kappa shape index (κ1) is 46.3. The molecule has 1 aliphatic rings. The first-order valence-electron chi connectivity index (χ1n) is 16.6. The summed E-state index contributed by atoms with van der Waals surface area (Å²) in [5.74, 6) is -2.98. The van der Waals surface area contributed by atoms with E-state index in [0.29, 0.717) is 0 Å². The van der Waals surface area contributed by atoms with Crippen LogP contribution in [-0.2, 0) is 19.1 Å². The van der Waals surface area contributed by atoms with Gasteiger partial charge >= 0.3 is 36.6 Å². The van der Waals surface area contributed by atoms with Gasteiger partial charge in [-0.15, -0.1) is 13.2 Å². The Morgan fingerprint density at radius 2 is 0.949 bits per heavy atom. The standard InChI is InChI=1S/C33H34N4O8.C3F6O2.CO2/c1-42-24-14-22(15-25(43-2)30(24)32(38)39)20-6-8-28(34-18-20)36-10-5-11-37(13-12-36)29-9-7-21(19-35-29)23-16-26(44-3)31(33(40)41)27(17-23)45-4;4-2(5,6)1(10)11-3(7,8)9;2-1-3/h6-9,14-19H,5,10-13H2,1-4H3,(H,38,39)(H,40,41);;. The van der Waals surface area contributed by atoms with Crippen molar-refractivity contribution in [3.05, 3.63) is 72.1 Å². The molecule has 0 bridgehead atoms. The molecule has 0 radical (unpaired) electrons. The zero-order valence-corrected chi connectivity index (χ0v) is 31.3. The fourth-order valence-electron chi connectivity index (χ4n) is 5.61. The first-order valence-corrected chi connectivity index (χ1v) is 16.6. The second kappa shape index (κ2) is 20.4. The number of carboxylic acids is 2. The Morgan fingerprint density at radius 3 is 1.17 bits per heavy atom. The summed E-state index contributed by atoms with van der Waals surface area (Å²) in [6.07, 6.45) is -6.52. The number of nitrogens with zero attached hydrogens (tertiary/aromatic N) is 4. The molecule has 316 valence electrons. The normalized spacial score (nSPS) is 12.6. The molecule has 2 aromatic carbocycles. The van der Waals surface area contributed by atoms with E-state index in [9.17, 15) is 50.9 Å². The zero-order chi connectivity index (χ0) is 44.1. The fourth-order valence-corrected chi connectivity index (χ4v) is 5.61. The van der Waals surface area contributed by atoms with Crippen molar-refractivity contribution < 1.29 is 84.2 Å². The van der Waals surface area contributed by atoms with Crippen LogP contribution in [0.1, 0.15) is 27.1 Å². The van der Waals surface area contributed by atoms with Crippen LogP contribution in [0.15, 0.2) is 60.9 Å². The fraction of sp³-hybridized carbons (Fsp3) is 0.297. The molecule has 16 nitrogen and oxygen atoms in total. The van der Waals surface area contributed by atoms with Crippen LogP contribution < -0.4 is 28.7 Å². The molecule has 0 amide bonds. The highest BCUT2D eigenvalue weighted by atomic mass is 19.4. The molecular weight excluding hydrogens is 806 g/mol. The summed E-state index contributed by atoms with van der Waals surface area (Å²) in [6.45, 7) is 3.14. The monoisotopic (exact) mass is 840 g/mol. The number of carboxylic acid groups (broad SMARTS) is 2. The van der Waals surface area contributed by atoms with E-state index in [0.717, 1.165) is 66.5 Å². The van der Waals surface area contributed by atoms with Gasteiger partial charge in [0.1, 0.15) is 45.8 Å². The van der Waals surface area contributed by atoms with Gasteiger partial charge in [0.15, 0.2) is 0 Å². The molecule has 2 N–H and O–H groups in total. The SMILES string of the molecule is COc1cc(-c2ccc(N3CCCN(c4ccc(-c5cc(OC)c(C(=O)O)c(OC)c5)cn4)CC3)nc2)cc(OC)c1C(=O)O.O=C(OC(F)(F)F)C(F)(F)F.O=C=O. The minimum Gasteiger partial charge on any atom is -0.496 e. The summed E-state index contributed by atoms with van der Waals surface area (Å²) >= 11 is 0. The van der Waals surface area contributed by atoms with Crippen molar-refractivity contribution in [2.24, 2.45) is 0 Å². The van der Waals surface area contributed by atoms with Gasteiger partial charge in [-0.1, -0.05) is 0 Å². The molecule has 5 rings (SSSR count). The van der Waals surface area contributed by atoms with Gasteiger partial charge in [0, 0.05) is 49.7 Å². The number of rotatable bonds is 10. The molecule has 4 aromatic rings. The highest BCUT2D eigenvalue weighted by molar-refractivity contribution is 5.96. The number of halogens is 6. The van der Waals surface area contributed by atoms with Crippen molar-refractivity contribution in [3.8, 4) is 45.3 Å². The van der Waals surface area contributed by atoms with Crippen molar-refractivity contribution in [3.63, 3.8) is 0 Å². The minimum atomic E-state index is -5.62. The van der Waals surface area contributed by atoms with Crippen molar-refractivity contribution in [1.82, 2.24) is 9.97 Å². The lowest BCUT2D eigenvalue weighted by Gasteiger charge is -2.24. The number of carbonyl (C=O) groups excluding carboxylic acids is 3. The molecule has 22 heteroatoms. The smallest absolute Gasteiger partial charge is 0.496 e. The lowest BCUT2D eigenvalue weighted by atomic mass is 10.0. The third-order valence-corrected chi connectivity index (χ3v) is 8.19. The van der Waals surface area contributed by atoms with E-state index in [1.54, 1.807) is 36.7 Å². The number of aromatic carboxylic acids is 2. The number of methoxy groups -OCH3 is 4. The van der Waals surface area contributed by atoms with E-state index in [4.69, 9.17) is 38.5 Å². The van der Waals surface area contributed by atoms with Gasteiger partial charge in [-0.2, -0.15) is 22.8 Å². The van der Waals surface area contributed by atoms with E-state index >= 15 is 0 Å². The summed E-state index contributed by atoms with van der Waals surface area (Å²) < 4.78 is 89.0. The summed E-state index contributed by atoms with van der Waals surface area (Å²) in [4.78, 5) is 63.0. The minimum absolute atomic E-state index is 0.0264. The zero-order valence-electron chi connectivity index (χ0n) is 31.3. The molecule has 3 heterocycles. The Morgan fingerprint density at radius 1 is 0.610 bits per heavy atom. The van der Waals surface area contributed by atoms with E-state index in [1.807, 2.05) is 29.0 Å². The molecule has 0 spiro atoms. The summed E-state index contributed by atoms with van der Waals surface area (Å²) in [5, 5.41) is 19.1. The van der Waals surface area contributed by atoms with Gasteiger partial charge in [0.2, 0.25) is 0 Å². The number of aromatic nitrogens is 2. The lowest BCUT2D eigenvalue weighted by Crippen LogP contribution is -2.31. The highest BCUT2D eigenvalue weighted by Crippen LogP contribution is 2.37. The molecule has 59 heavy (non-hydrogen) atoms. The molecular formula is C37H34F6N4O12. The first-order chi connectivity index (χ1) is 27.8. The maximum atomic E-state index is 11.7. The number of esters is 1. The van der Waals surface area contributed by atoms with Gasteiger partial charge in [0.05, 0.1) is 28.4 Å². The van der Waals surface area contributed by atoms with Crippen LogP contribution in [0.25, 0.3) is 22.3 Å². The Hall–Kier alpha value is -7.09. The highest BCUT2D eigenvalue weighted by Gasteiger charge is 2.48. The topological polar surface area (TPSA) is 204 Å². The predicted molar refractivity (Wildman–Crippen MR) is 192 cm³/mol. The third kappa shape index (κ3) is 12.4. The van der Waals surface area contributed by atoms with E-state index in [1.165, 1.54) is 28.4 Å². The second-order valence-electron chi connectivity index (χ2n) is 11.7. The van der Waals surface area contributed by atoms with Crippen molar-refractivity contribution in [2.45, 2.75) is 19.0 Å². The van der Waals surface area contributed by atoms with Gasteiger partial charge in [0.25, 0.3) is 0 Å². The maximum absolute atomic E-state index is 11.7. The van der Waals surface area contributed by atoms with Crippen molar-refractivity contribution in [1.29, 1.82) is 0 Å². The van der Waals surface area contributed by atoms with Crippen LogP contribution >= 0.6 is 0 Å². The van der Waals surface area contributed by atoms with Crippen LogP contribution in [0.5, 0.6) is 23.0 Å². The summed E-state index contributed by atoms with van der Waals surface area (Å²) in [5.41, 5.74) is 3.03. The number of hydrogen-bond donors (Lipinski definition) is 2. The Labute approximate surface area is 330 Å². The Bertz CT molecular complexity index is 1950. The summed E-state index contributed by atoms with van der Waals surface area (Å²) in [6, 6.07) is 14.5. The molecule has 1 aliphatic heterocycles. The Kier molecular flexibility index (Phi) is 16.0. The predicted octanol–water partition coefficient (Wildman–Crippen LogP) is 5.99. The largest absolute Gasteiger partial charge is 0.575 e. The number of anilines is 2. The van der Waals surface area contributed by atoms with Crippen LogP contribution in [0.3, 0.4) is 0 Å². The molecule has 0 unspecified atom stereocenters. The van der Waals surface area contributed by atoms with Crippen LogP contribution in [-0.4, -0.2) is 111 Å². The van der Waals surface area contributed by atoms with Crippen molar-refractivity contribution >= 4 is 35.7 Å². The lowest BCUT2D eigenvalue weighted by molar-refractivity contribution is -0.322. The van der Waals surface area contributed by atoms with Gasteiger partial charge in [-0.25, -0.2) is 24.4 Å². The van der Waals surface area contributed by atoms with E-state index in [2.05, 4.69) is 9.80 Å². The van der Waals surface area contributed by atoms with Gasteiger partial charge in [-0.05, 0) is 66.1 Å². The van der Waals surface area contributed by atoms with Crippen LogP contribution in [0.4, 0.5) is 38.0 Å². The van der Waals surface area contributed by atoms with E-state index < -0.39 is 30.4 Å². The number of carbonyl (C=O) groups is 3. The van der Waals surface area contributed by atoms with E-state index in [-0.39, 0.29) is 40.3 Å². The molecule has 2 aromatic heterocycles. The number of hydrogen-bond acceptors (Lipinski definition) is 14.